The van der Waals surface area contributed by atoms with Crippen molar-refractivity contribution in [1.29, 1.82) is 0 Å². The van der Waals surface area contributed by atoms with Gasteiger partial charge in [0.15, 0.2) is 10.2 Å². The second-order valence-electron chi connectivity index (χ2n) is 4.03. The Morgan fingerprint density at radius 2 is 2.15 bits per heavy atom. The first-order valence-corrected chi connectivity index (χ1v) is 7.61. The minimum absolute atomic E-state index is 0.355. The highest BCUT2D eigenvalue weighted by atomic mass is 32.2. The summed E-state index contributed by atoms with van der Waals surface area (Å²) < 4.78 is 6.11. The Balaban J connectivity index is 2.13. The van der Waals surface area contributed by atoms with E-state index in [2.05, 4.69) is 20.2 Å². The predicted octanol–water partition coefficient (Wildman–Crippen LogP) is 1.66. The fraction of sp³-hybridized carbons (Fsp3) is 0.455. The van der Waals surface area contributed by atoms with Crippen molar-refractivity contribution in [1.82, 2.24) is 20.2 Å². The Hall–Kier alpha value is -1.45. The monoisotopic (exact) mass is 312 g/mol. The van der Waals surface area contributed by atoms with E-state index >= 15 is 0 Å². The fourth-order valence-electron chi connectivity index (χ4n) is 1.32. The molecular weight excluding hydrogens is 296 g/mol. The molecule has 9 heteroatoms. The van der Waals surface area contributed by atoms with Crippen LogP contribution >= 0.6 is 23.1 Å². The Morgan fingerprint density at radius 1 is 1.35 bits per heavy atom. The molecule has 0 radical (unpaired) electrons. The lowest BCUT2D eigenvalue weighted by molar-refractivity contribution is 0.128. The molecule has 0 unspecified atom stereocenters. The molecule has 0 aliphatic heterocycles. The van der Waals surface area contributed by atoms with E-state index in [1.165, 1.54) is 23.1 Å². The average Bonchev–Trinajstić information content (AvgIpc) is 2.84. The van der Waals surface area contributed by atoms with Gasteiger partial charge in [-0.25, -0.2) is 9.97 Å². The second kappa shape index (κ2) is 6.82. The molecule has 2 heterocycles. The second-order valence-corrected chi connectivity index (χ2v) is 6.25. The summed E-state index contributed by atoms with van der Waals surface area (Å²) in [5, 5.41) is 9.79. The third kappa shape index (κ3) is 4.02. The highest BCUT2D eigenvalue weighted by molar-refractivity contribution is 8.01. The number of rotatable bonds is 6. The van der Waals surface area contributed by atoms with Crippen LogP contribution in [0.5, 0.6) is 0 Å². The standard InChI is InChI=1S/C11H16N6OS2/c1-4-18-6-8-13-7(12)5-9(14-8)19-11-16-15-10(20-11)17(2)3/h5H,4,6H2,1-3H3,(H2,12,13,14). The van der Waals surface area contributed by atoms with Crippen LogP contribution in [-0.2, 0) is 11.3 Å². The fourth-order valence-corrected chi connectivity index (χ4v) is 3.06. The van der Waals surface area contributed by atoms with Gasteiger partial charge in [-0.15, -0.1) is 10.2 Å². The molecule has 0 amide bonds. The van der Waals surface area contributed by atoms with Crippen LogP contribution in [-0.4, -0.2) is 40.9 Å². The van der Waals surface area contributed by atoms with E-state index in [1.54, 1.807) is 6.07 Å². The lowest BCUT2D eigenvalue weighted by Gasteiger charge is -2.04. The Kier molecular flexibility index (Phi) is 5.10. The maximum Gasteiger partial charge on any atom is 0.208 e. The van der Waals surface area contributed by atoms with E-state index in [-0.39, 0.29) is 0 Å². The van der Waals surface area contributed by atoms with Crippen LogP contribution in [0, 0.1) is 0 Å². The molecule has 2 aromatic heterocycles. The van der Waals surface area contributed by atoms with Crippen molar-refractivity contribution < 1.29 is 4.74 Å². The maximum absolute atomic E-state index is 5.78. The quantitative estimate of drug-likeness (QED) is 0.806. The number of aromatic nitrogens is 4. The zero-order chi connectivity index (χ0) is 14.5. The van der Waals surface area contributed by atoms with E-state index in [0.29, 0.717) is 24.9 Å². The average molecular weight is 312 g/mol. The van der Waals surface area contributed by atoms with Crippen molar-refractivity contribution in [2.24, 2.45) is 0 Å². The van der Waals surface area contributed by atoms with Crippen molar-refractivity contribution in [3.63, 3.8) is 0 Å². The number of ether oxygens (including phenoxy) is 1. The number of hydrogen-bond donors (Lipinski definition) is 1. The minimum atomic E-state index is 0.355. The molecule has 0 aliphatic rings. The van der Waals surface area contributed by atoms with E-state index in [1.807, 2.05) is 25.9 Å². The number of hydrogen-bond acceptors (Lipinski definition) is 9. The number of nitrogens with two attached hydrogens (primary N) is 1. The third-order valence-corrected chi connectivity index (χ3v) is 4.23. The van der Waals surface area contributed by atoms with Gasteiger partial charge in [0.25, 0.3) is 0 Å². The lowest BCUT2D eigenvalue weighted by atomic mass is 10.5. The molecule has 0 aliphatic carbocycles. The SMILES string of the molecule is CCOCc1nc(N)cc(Sc2nnc(N(C)C)s2)n1. The molecule has 0 saturated carbocycles. The van der Waals surface area contributed by atoms with Crippen molar-refractivity contribution in [2.45, 2.75) is 22.9 Å². The van der Waals surface area contributed by atoms with E-state index in [9.17, 15) is 0 Å². The van der Waals surface area contributed by atoms with Gasteiger partial charge in [-0.05, 0) is 18.7 Å². The normalized spacial score (nSPS) is 10.8. The molecule has 0 fully saturated rings. The Labute approximate surface area is 125 Å². The maximum atomic E-state index is 5.78. The third-order valence-electron chi connectivity index (χ3n) is 2.17. The van der Waals surface area contributed by atoms with Crippen LogP contribution < -0.4 is 10.6 Å². The molecule has 0 aromatic carbocycles. The summed E-state index contributed by atoms with van der Waals surface area (Å²) in [5.74, 6) is 1.00. The van der Waals surface area contributed by atoms with Gasteiger partial charge in [-0.2, -0.15) is 0 Å². The summed E-state index contributed by atoms with van der Waals surface area (Å²) in [6.07, 6.45) is 0. The summed E-state index contributed by atoms with van der Waals surface area (Å²) >= 11 is 2.92. The molecule has 2 rings (SSSR count). The van der Waals surface area contributed by atoms with Crippen LogP contribution in [0.1, 0.15) is 12.7 Å². The minimum Gasteiger partial charge on any atom is -0.384 e. The van der Waals surface area contributed by atoms with Crippen molar-refractivity contribution >= 4 is 34.0 Å². The molecule has 2 aromatic rings. The van der Waals surface area contributed by atoms with Crippen LogP contribution in [0.15, 0.2) is 15.4 Å². The topological polar surface area (TPSA) is 90.0 Å². The van der Waals surface area contributed by atoms with E-state index in [0.717, 1.165) is 14.5 Å². The molecule has 0 atom stereocenters. The largest absolute Gasteiger partial charge is 0.384 e. The van der Waals surface area contributed by atoms with Crippen LogP contribution in [0.4, 0.5) is 10.9 Å². The van der Waals surface area contributed by atoms with Gasteiger partial charge in [-0.1, -0.05) is 11.3 Å². The van der Waals surface area contributed by atoms with E-state index in [4.69, 9.17) is 10.5 Å². The van der Waals surface area contributed by atoms with Crippen molar-refractivity contribution in [3.8, 4) is 0 Å². The number of anilines is 2. The zero-order valence-electron chi connectivity index (χ0n) is 11.5. The van der Waals surface area contributed by atoms with Crippen LogP contribution in [0.25, 0.3) is 0 Å². The van der Waals surface area contributed by atoms with Crippen molar-refractivity contribution in [2.75, 3.05) is 31.3 Å². The Morgan fingerprint density at radius 3 is 2.80 bits per heavy atom. The molecule has 7 nitrogen and oxygen atoms in total. The van der Waals surface area contributed by atoms with Gasteiger partial charge >= 0.3 is 0 Å². The molecular formula is C11H16N6OS2. The number of nitrogens with zero attached hydrogens (tertiary/aromatic N) is 5. The highest BCUT2D eigenvalue weighted by Gasteiger charge is 2.10. The van der Waals surface area contributed by atoms with E-state index < -0.39 is 0 Å². The summed E-state index contributed by atoms with van der Waals surface area (Å²) in [6, 6.07) is 1.72. The summed E-state index contributed by atoms with van der Waals surface area (Å²) in [7, 11) is 3.86. The Bertz CT molecular complexity index is 574. The number of nitrogen functional groups attached to an aromatic ring is 1. The molecule has 0 saturated heterocycles. The smallest absolute Gasteiger partial charge is 0.208 e. The lowest BCUT2D eigenvalue weighted by Crippen LogP contribution is -2.07. The predicted molar refractivity (Wildman–Crippen MR) is 80.1 cm³/mol. The van der Waals surface area contributed by atoms with Crippen LogP contribution in [0.2, 0.25) is 0 Å². The molecule has 20 heavy (non-hydrogen) atoms. The molecule has 0 spiro atoms. The molecule has 0 bridgehead atoms. The molecule has 2 N–H and O–H groups in total. The summed E-state index contributed by atoms with van der Waals surface area (Å²) in [5.41, 5.74) is 5.78. The summed E-state index contributed by atoms with van der Waals surface area (Å²) in [6.45, 7) is 2.89. The van der Waals surface area contributed by atoms with Gasteiger partial charge in [0, 0.05) is 26.8 Å². The van der Waals surface area contributed by atoms with Gasteiger partial charge in [-0.3, -0.25) is 0 Å². The first kappa shape index (κ1) is 14.9. The van der Waals surface area contributed by atoms with Gasteiger partial charge in [0.2, 0.25) is 5.13 Å². The zero-order valence-corrected chi connectivity index (χ0v) is 13.2. The van der Waals surface area contributed by atoms with Crippen LogP contribution in [0.3, 0.4) is 0 Å². The highest BCUT2D eigenvalue weighted by Crippen LogP contribution is 2.32. The summed E-state index contributed by atoms with van der Waals surface area (Å²) in [4.78, 5) is 10.4. The van der Waals surface area contributed by atoms with Gasteiger partial charge < -0.3 is 15.4 Å². The van der Waals surface area contributed by atoms with Gasteiger partial charge in [0.1, 0.15) is 17.5 Å². The first-order valence-electron chi connectivity index (χ1n) is 5.98. The molecule has 108 valence electrons. The first-order chi connectivity index (χ1) is 9.58. The van der Waals surface area contributed by atoms with Gasteiger partial charge in [0.05, 0.1) is 0 Å². The van der Waals surface area contributed by atoms with Crippen molar-refractivity contribution in [3.05, 3.63) is 11.9 Å².